The van der Waals surface area contributed by atoms with E-state index in [9.17, 15) is 4.79 Å². The molecule has 1 amide bonds. The molecule has 7 nitrogen and oxygen atoms in total. The molecular formula is C16H26N4O3. The number of alkyl carbamates (subject to hydrolysis) is 1. The second kappa shape index (κ2) is 6.11. The fourth-order valence-electron chi connectivity index (χ4n) is 3.73. The van der Waals surface area contributed by atoms with E-state index in [2.05, 4.69) is 20.4 Å². The minimum Gasteiger partial charge on any atom is -0.444 e. The van der Waals surface area contributed by atoms with Crippen molar-refractivity contribution in [2.45, 2.75) is 58.7 Å². The maximum absolute atomic E-state index is 12.0. The van der Waals surface area contributed by atoms with Gasteiger partial charge in [0.2, 0.25) is 5.89 Å². The molecule has 1 N–H and O–H groups in total. The van der Waals surface area contributed by atoms with E-state index in [1.54, 1.807) is 6.92 Å². The Morgan fingerprint density at radius 2 is 2.17 bits per heavy atom. The molecule has 7 heteroatoms. The van der Waals surface area contributed by atoms with Gasteiger partial charge < -0.3 is 14.6 Å². The molecule has 23 heavy (non-hydrogen) atoms. The van der Waals surface area contributed by atoms with Crippen LogP contribution < -0.4 is 5.32 Å². The van der Waals surface area contributed by atoms with E-state index in [4.69, 9.17) is 9.26 Å². The van der Waals surface area contributed by atoms with E-state index in [0.717, 1.165) is 31.8 Å². The van der Waals surface area contributed by atoms with Crippen molar-refractivity contribution < 1.29 is 14.1 Å². The quantitative estimate of drug-likeness (QED) is 0.918. The van der Waals surface area contributed by atoms with Gasteiger partial charge in [0.05, 0.1) is 6.54 Å². The monoisotopic (exact) mass is 322 g/mol. The first-order valence-electron chi connectivity index (χ1n) is 8.31. The Kier molecular flexibility index (Phi) is 4.31. The van der Waals surface area contributed by atoms with Gasteiger partial charge in [-0.25, -0.2) is 4.79 Å². The van der Waals surface area contributed by atoms with E-state index < -0.39 is 5.60 Å². The Labute approximate surface area is 136 Å². The van der Waals surface area contributed by atoms with Crippen molar-refractivity contribution in [3.8, 4) is 0 Å². The molecule has 0 unspecified atom stereocenters. The number of aromatic nitrogens is 2. The first-order chi connectivity index (χ1) is 10.8. The lowest BCUT2D eigenvalue weighted by Gasteiger charge is -2.24. The van der Waals surface area contributed by atoms with Gasteiger partial charge in [-0.15, -0.1) is 0 Å². The van der Waals surface area contributed by atoms with Crippen LogP contribution in [0.25, 0.3) is 0 Å². The molecule has 1 aromatic heterocycles. The molecule has 2 fully saturated rings. The van der Waals surface area contributed by atoms with Crippen LogP contribution in [-0.2, 0) is 11.3 Å². The largest absolute Gasteiger partial charge is 0.444 e. The third-order valence-electron chi connectivity index (χ3n) is 4.57. The highest BCUT2D eigenvalue weighted by Crippen LogP contribution is 2.38. The summed E-state index contributed by atoms with van der Waals surface area (Å²) in [7, 11) is 0. The molecule has 2 aliphatic rings. The summed E-state index contributed by atoms with van der Waals surface area (Å²) in [5, 5.41) is 7.02. The van der Waals surface area contributed by atoms with Gasteiger partial charge in [-0.1, -0.05) is 5.16 Å². The van der Waals surface area contributed by atoms with Crippen molar-refractivity contribution in [3.05, 3.63) is 11.7 Å². The van der Waals surface area contributed by atoms with Gasteiger partial charge in [0, 0.05) is 26.1 Å². The molecular weight excluding hydrogens is 296 g/mol. The first-order valence-corrected chi connectivity index (χ1v) is 8.31. The van der Waals surface area contributed by atoms with Gasteiger partial charge >= 0.3 is 6.09 Å². The minimum absolute atomic E-state index is 0.201. The van der Waals surface area contributed by atoms with Crippen molar-refractivity contribution in [1.29, 1.82) is 0 Å². The topological polar surface area (TPSA) is 80.5 Å². The van der Waals surface area contributed by atoms with Crippen LogP contribution in [0.1, 0.15) is 45.3 Å². The molecule has 1 saturated carbocycles. The molecule has 0 bridgehead atoms. The Hall–Kier alpha value is -1.63. The van der Waals surface area contributed by atoms with E-state index >= 15 is 0 Å². The molecule has 0 aromatic carbocycles. The van der Waals surface area contributed by atoms with Crippen LogP contribution >= 0.6 is 0 Å². The van der Waals surface area contributed by atoms with Crippen molar-refractivity contribution in [1.82, 2.24) is 20.4 Å². The van der Waals surface area contributed by atoms with Crippen molar-refractivity contribution >= 4 is 6.09 Å². The second-order valence-electron chi connectivity index (χ2n) is 7.68. The normalized spacial score (nSPS) is 27.9. The van der Waals surface area contributed by atoms with Gasteiger partial charge in [0.1, 0.15) is 5.60 Å². The highest BCUT2D eigenvalue weighted by molar-refractivity contribution is 5.68. The third-order valence-corrected chi connectivity index (χ3v) is 4.57. The summed E-state index contributed by atoms with van der Waals surface area (Å²) in [6.45, 7) is 10.2. The number of fused-ring (bicyclic) bond motifs is 1. The molecule has 1 aliphatic heterocycles. The maximum Gasteiger partial charge on any atom is 0.407 e. The molecule has 2 heterocycles. The van der Waals surface area contributed by atoms with E-state index in [1.807, 2.05) is 20.8 Å². The zero-order valence-corrected chi connectivity index (χ0v) is 14.3. The molecule has 128 valence electrons. The number of nitrogens with zero attached hydrogens (tertiary/aromatic N) is 3. The van der Waals surface area contributed by atoms with Crippen molar-refractivity contribution in [2.24, 2.45) is 11.8 Å². The van der Waals surface area contributed by atoms with Crippen molar-refractivity contribution in [3.63, 3.8) is 0 Å². The highest BCUT2D eigenvalue weighted by Gasteiger charge is 2.43. The van der Waals surface area contributed by atoms with Crippen LogP contribution in [0.5, 0.6) is 0 Å². The lowest BCUT2D eigenvalue weighted by molar-refractivity contribution is 0.0491. The number of nitrogens with one attached hydrogen (secondary N) is 1. The number of carbonyl (C=O) groups is 1. The smallest absolute Gasteiger partial charge is 0.407 e. The Morgan fingerprint density at radius 1 is 1.39 bits per heavy atom. The first kappa shape index (κ1) is 16.2. The predicted molar refractivity (Wildman–Crippen MR) is 83.7 cm³/mol. The fraction of sp³-hybridized carbons (Fsp3) is 0.812. The number of hydrogen-bond donors (Lipinski definition) is 1. The zero-order chi connectivity index (χ0) is 16.6. The summed E-state index contributed by atoms with van der Waals surface area (Å²) >= 11 is 0. The number of ether oxygens (including phenoxy) is 1. The molecule has 1 saturated heterocycles. The molecule has 1 aliphatic carbocycles. The van der Waals surface area contributed by atoms with Gasteiger partial charge in [-0.05, 0) is 45.4 Å². The van der Waals surface area contributed by atoms with Crippen LogP contribution in [0.15, 0.2) is 4.52 Å². The van der Waals surface area contributed by atoms with Crippen LogP contribution in [0.3, 0.4) is 0 Å². The SMILES string of the molecule is Cc1nc(CN2C[C@@H]3CC[C@@H](NC(=O)OC(C)(C)C)[C@@H]3C2)no1. The van der Waals surface area contributed by atoms with E-state index in [1.165, 1.54) is 0 Å². The van der Waals surface area contributed by atoms with Gasteiger partial charge in [-0.2, -0.15) is 4.98 Å². The Morgan fingerprint density at radius 3 is 2.83 bits per heavy atom. The van der Waals surface area contributed by atoms with Crippen LogP contribution in [-0.4, -0.2) is 45.9 Å². The maximum atomic E-state index is 12.0. The number of rotatable bonds is 3. The summed E-state index contributed by atoms with van der Waals surface area (Å²) in [6, 6.07) is 0.201. The molecule has 3 rings (SSSR count). The summed E-state index contributed by atoms with van der Waals surface area (Å²) in [4.78, 5) is 18.6. The fourth-order valence-corrected chi connectivity index (χ4v) is 3.73. The lowest BCUT2D eigenvalue weighted by Crippen LogP contribution is -2.42. The van der Waals surface area contributed by atoms with Crippen LogP contribution in [0, 0.1) is 18.8 Å². The van der Waals surface area contributed by atoms with Crippen LogP contribution in [0.2, 0.25) is 0 Å². The minimum atomic E-state index is -0.458. The Bertz CT molecular complexity index is 566. The summed E-state index contributed by atoms with van der Waals surface area (Å²) in [5.74, 6) is 2.45. The summed E-state index contributed by atoms with van der Waals surface area (Å²) in [6.07, 6.45) is 1.87. The number of hydrogen-bond acceptors (Lipinski definition) is 6. The summed E-state index contributed by atoms with van der Waals surface area (Å²) in [5.41, 5.74) is -0.458. The second-order valence-corrected chi connectivity index (χ2v) is 7.68. The van der Waals surface area contributed by atoms with Gasteiger partial charge in [0.25, 0.3) is 0 Å². The lowest BCUT2D eigenvalue weighted by atomic mass is 9.98. The van der Waals surface area contributed by atoms with Crippen molar-refractivity contribution in [2.75, 3.05) is 13.1 Å². The average Bonchev–Trinajstić information content (AvgIpc) is 3.06. The molecule has 1 aromatic rings. The molecule has 0 spiro atoms. The Balaban J connectivity index is 1.53. The van der Waals surface area contributed by atoms with Gasteiger partial charge in [0.15, 0.2) is 5.82 Å². The predicted octanol–water partition coefficient (Wildman–Crippen LogP) is 2.11. The number of likely N-dealkylation sites (tertiary alicyclic amines) is 1. The highest BCUT2D eigenvalue weighted by atomic mass is 16.6. The van der Waals surface area contributed by atoms with E-state index in [-0.39, 0.29) is 12.1 Å². The zero-order valence-electron chi connectivity index (χ0n) is 14.3. The molecule has 3 atom stereocenters. The third kappa shape index (κ3) is 4.02. The molecule has 0 radical (unpaired) electrons. The van der Waals surface area contributed by atoms with Crippen LogP contribution in [0.4, 0.5) is 4.79 Å². The number of carbonyl (C=O) groups excluding carboxylic acids is 1. The van der Waals surface area contributed by atoms with E-state index in [0.29, 0.717) is 24.3 Å². The summed E-state index contributed by atoms with van der Waals surface area (Å²) < 4.78 is 10.4. The number of aryl methyl sites for hydroxylation is 1. The number of amides is 1. The average molecular weight is 322 g/mol. The van der Waals surface area contributed by atoms with Gasteiger partial charge in [-0.3, -0.25) is 4.90 Å². The standard InChI is InChI=1S/C16H26N4O3/c1-10-17-14(19-23-10)9-20-7-11-5-6-13(12(11)8-20)18-15(21)22-16(2,3)4/h11-13H,5-9H2,1-4H3,(H,18,21)/t11-,12+,13+/m0/s1.